The molecule has 0 saturated heterocycles. The van der Waals surface area contributed by atoms with Crippen molar-refractivity contribution >= 4 is 6.09 Å². The SMILES string of the molecule is C#CC(NC(=O)OCc1ccccc1)C1CC1. The molecule has 88 valence electrons. The van der Waals surface area contributed by atoms with Gasteiger partial charge in [-0.1, -0.05) is 36.3 Å². The van der Waals surface area contributed by atoms with E-state index in [9.17, 15) is 4.79 Å². The smallest absolute Gasteiger partial charge is 0.408 e. The molecule has 0 aromatic heterocycles. The molecule has 0 aliphatic heterocycles. The monoisotopic (exact) mass is 229 g/mol. The molecule has 1 unspecified atom stereocenters. The molecule has 1 aliphatic carbocycles. The molecule has 0 bridgehead atoms. The summed E-state index contributed by atoms with van der Waals surface area (Å²) in [5.41, 5.74) is 0.964. The van der Waals surface area contributed by atoms with Gasteiger partial charge in [-0.3, -0.25) is 0 Å². The normalized spacial score (nSPS) is 15.7. The van der Waals surface area contributed by atoms with Crippen molar-refractivity contribution in [1.29, 1.82) is 0 Å². The fourth-order valence-corrected chi connectivity index (χ4v) is 1.62. The first-order chi connectivity index (χ1) is 8.29. The molecule has 1 amide bonds. The predicted molar refractivity (Wildman–Crippen MR) is 65.1 cm³/mol. The van der Waals surface area contributed by atoms with E-state index < -0.39 is 6.09 Å². The molecule has 1 atom stereocenters. The maximum Gasteiger partial charge on any atom is 0.408 e. The average Bonchev–Trinajstić information content (AvgIpc) is 3.19. The van der Waals surface area contributed by atoms with Crippen LogP contribution in [-0.2, 0) is 11.3 Å². The number of rotatable bonds is 4. The Morgan fingerprint density at radius 3 is 2.76 bits per heavy atom. The van der Waals surface area contributed by atoms with Crippen molar-refractivity contribution in [3.63, 3.8) is 0 Å². The molecular formula is C14H15NO2. The van der Waals surface area contributed by atoms with Crippen LogP contribution >= 0.6 is 0 Å². The number of hydrogen-bond acceptors (Lipinski definition) is 2. The first kappa shape index (κ1) is 11.5. The second kappa shape index (κ2) is 5.40. The minimum atomic E-state index is -0.441. The number of carbonyl (C=O) groups excluding carboxylic acids is 1. The van der Waals surface area contributed by atoms with Gasteiger partial charge < -0.3 is 10.1 Å². The van der Waals surface area contributed by atoms with Crippen LogP contribution in [0.5, 0.6) is 0 Å². The fourth-order valence-electron chi connectivity index (χ4n) is 1.62. The molecule has 1 fully saturated rings. The molecule has 0 radical (unpaired) electrons. The van der Waals surface area contributed by atoms with E-state index in [4.69, 9.17) is 11.2 Å². The van der Waals surface area contributed by atoms with E-state index in [0.717, 1.165) is 18.4 Å². The van der Waals surface area contributed by atoms with Gasteiger partial charge in [-0.2, -0.15) is 0 Å². The second-order valence-corrected chi connectivity index (χ2v) is 4.19. The van der Waals surface area contributed by atoms with Crippen LogP contribution in [0.1, 0.15) is 18.4 Å². The quantitative estimate of drug-likeness (QED) is 0.805. The highest BCUT2D eigenvalue weighted by Crippen LogP contribution is 2.32. The number of ether oxygens (including phenoxy) is 1. The maximum absolute atomic E-state index is 11.5. The number of nitrogens with one attached hydrogen (secondary N) is 1. The van der Waals surface area contributed by atoms with Crippen LogP contribution in [-0.4, -0.2) is 12.1 Å². The lowest BCUT2D eigenvalue weighted by Gasteiger charge is -2.12. The summed E-state index contributed by atoms with van der Waals surface area (Å²) in [6.45, 7) is 0.272. The van der Waals surface area contributed by atoms with Gasteiger partial charge in [0.05, 0.1) is 6.04 Å². The van der Waals surface area contributed by atoms with Crippen LogP contribution in [0.15, 0.2) is 30.3 Å². The van der Waals surface area contributed by atoms with Crippen molar-refractivity contribution in [2.75, 3.05) is 0 Å². The molecule has 1 aliphatic rings. The van der Waals surface area contributed by atoms with Crippen LogP contribution in [0.4, 0.5) is 4.79 Å². The maximum atomic E-state index is 11.5. The van der Waals surface area contributed by atoms with E-state index in [2.05, 4.69) is 11.2 Å². The summed E-state index contributed by atoms with van der Waals surface area (Å²) in [6, 6.07) is 9.37. The lowest BCUT2D eigenvalue weighted by molar-refractivity contribution is 0.137. The lowest BCUT2D eigenvalue weighted by Crippen LogP contribution is -2.35. The van der Waals surface area contributed by atoms with Crippen LogP contribution in [0.3, 0.4) is 0 Å². The van der Waals surface area contributed by atoms with Crippen molar-refractivity contribution in [2.24, 2.45) is 5.92 Å². The summed E-state index contributed by atoms with van der Waals surface area (Å²) >= 11 is 0. The van der Waals surface area contributed by atoms with Gasteiger partial charge in [-0.05, 0) is 24.3 Å². The first-order valence-electron chi connectivity index (χ1n) is 5.73. The molecule has 1 N–H and O–H groups in total. The molecule has 3 nitrogen and oxygen atoms in total. The summed E-state index contributed by atoms with van der Waals surface area (Å²) in [5.74, 6) is 3.02. The van der Waals surface area contributed by atoms with Gasteiger partial charge in [-0.15, -0.1) is 6.42 Å². The zero-order chi connectivity index (χ0) is 12.1. The highest BCUT2D eigenvalue weighted by molar-refractivity contribution is 5.68. The lowest BCUT2D eigenvalue weighted by atomic mass is 10.2. The van der Waals surface area contributed by atoms with E-state index in [-0.39, 0.29) is 12.6 Å². The molecular weight excluding hydrogens is 214 g/mol. The van der Waals surface area contributed by atoms with Gasteiger partial charge in [0.2, 0.25) is 0 Å². The summed E-state index contributed by atoms with van der Waals surface area (Å²) in [4.78, 5) is 11.5. The third kappa shape index (κ3) is 3.53. The van der Waals surface area contributed by atoms with E-state index in [0.29, 0.717) is 5.92 Å². The fraction of sp³-hybridized carbons (Fsp3) is 0.357. The number of amides is 1. The number of carbonyl (C=O) groups is 1. The Hall–Kier alpha value is -1.95. The largest absolute Gasteiger partial charge is 0.445 e. The van der Waals surface area contributed by atoms with Crippen LogP contribution < -0.4 is 5.32 Å². The van der Waals surface area contributed by atoms with E-state index in [1.165, 1.54) is 0 Å². The zero-order valence-electron chi connectivity index (χ0n) is 9.56. The molecule has 0 heterocycles. The van der Waals surface area contributed by atoms with E-state index >= 15 is 0 Å². The Labute approximate surface area is 101 Å². The summed E-state index contributed by atoms with van der Waals surface area (Å²) in [6.07, 6.45) is 7.09. The molecule has 0 spiro atoms. The summed E-state index contributed by atoms with van der Waals surface area (Å²) in [7, 11) is 0. The Bertz CT molecular complexity index is 418. The Kier molecular flexibility index (Phi) is 3.66. The first-order valence-corrected chi connectivity index (χ1v) is 5.73. The molecule has 17 heavy (non-hydrogen) atoms. The van der Waals surface area contributed by atoms with Gasteiger partial charge in [0.1, 0.15) is 6.61 Å². The summed E-state index contributed by atoms with van der Waals surface area (Å²) in [5, 5.41) is 2.70. The van der Waals surface area contributed by atoms with Gasteiger partial charge in [0.15, 0.2) is 0 Å². The Balaban J connectivity index is 1.76. The predicted octanol–water partition coefficient (Wildman–Crippen LogP) is 2.32. The molecule has 3 heteroatoms. The topological polar surface area (TPSA) is 38.3 Å². The highest BCUT2D eigenvalue weighted by atomic mass is 16.5. The average molecular weight is 229 g/mol. The number of alkyl carbamates (subject to hydrolysis) is 1. The third-order valence-corrected chi connectivity index (χ3v) is 2.76. The minimum absolute atomic E-state index is 0.182. The zero-order valence-corrected chi connectivity index (χ0v) is 9.56. The van der Waals surface area contributed by atoms with Crippen LogP contribution in [0.2, 0.25) is 0 Å². The van der Waals surface area contributed by atoms with E-state index in [1.807, 2.05) is 30.3 Å². The number of benzene rings is 1. The Morgan fingerprint density at radius 2 is 2.18 bits per heavy atom. The standard InChI is InChI=1S/C14H15NO2/c1-2-13(12-8-9-12)15-14(16)17-10-11-6-4-3-5-7-11/h1,3-7,12-13H,8-10H2,(H,15,16). The molecule has 1 saturated carbocycles. The van der Waals surface area contributed by atoms with Crippen LogP contribution in [0, 0.1) is 18.3 Å². The van der Waals surface area contributed by atoms with E-state index in [1.54, 1.807) is 0 Å². The van der Waals surface area contributed by atoms with Gasteiger partial charge in [0, 0.05) is 0 Å². The summed E-state index contributed by atoms with van der Waals surface area (Å²) < 4.78 is 5.09. The van der Waals surface area contributed by atoms with Gasteiger partial charge >= 0.3 is 6.09 Å². The molecule has 2 rings (SSSR count). The van der Waals surface area contributed by atoms with Gasteiger partial charge in [0.25, 0.3) is 0 Å². The third-order valence-electron chi connectivity index (χ3n) is 2.76. The van der Waals surface area contributed by atoms with Crippen LogP contribution in [0.25, 0.3) is 0 Å². The second-order valence-electron chi connectivity index (χ2n) is 4.19. The van der Waals surface area contributed by atoms with Gasteiger partial charge in [-0.25, -0.2) is 4.79 Å². The van der Waals surface area contributed by atoms with Crippen molar-refractivity contribution in [2.45, 2.75) is 25.5 Å². The molecule has 1 aromatic rings. The van der Waals surface area contributed by atoms with Crippen molar-refractivity contribution < 1.29 is 9.53 Å². The number of hydrogen-bond donors (Lipinski definition) is 1. The Morgan fingerprint density at radius 1 is 1.47 bits per heavy atom. The van der Waals surface area contributed by atoms with Crippen molar-refractivity contribution in [3.8, 4) is 12.3 Å². The van der Waals surface area contributed by atoms with Crippen molar-refractivity contribution in [3.05, 3.63) is 35.9 Å². The minimum Gasteiger partial charge on any atom is -0.445 e. The highest BCUT2D eigenvalue weighted by Gasteiger charge is 2.31. The number of terminal acetylenes is 1. The van der Waals surface area contributed by atoms with Crippen molar-refractivity contribution in [1.82, 2.24) is 5.32 Å². The molecule has 1 aromatic carbocycles.